The Kier molecular flexibility index (Phi) is 5.56. The van der Waals surface area contributed by atoms with Crippen LogP contribution in [0, 0.1) is 0 Å². The number of aliphatic hydroxyl groups is 1. The molecule has 0 radical (unpaired) electrons. The molecule has 1 amide bonds. The third kappa shape index (κ3) is 3.81. The summed E-state index contributed by atoms with van der Waals surface area (Å²) in [6.45, 7) is -0.00182. The van der Waals surface area contributed by atoms with E-state index in [1.807, 2.05) is 0 Å². The summed E-state index contributed by atoms with van der Waals surface area (Å²) in [6, 6.07) is -0.865. The van der Waals surface area contributed by atoms with Crippen molar-refractivity contribution in [2.45, 2.75) is 37.3 Å². The summed E-state index contributed by atoms with van der Waals surface area (Å²) in [4.78, 5) is 36.6. The summed E-state index contributed by atoms with van der Waals surface area (Å²) >= 11 is 0. The van der Waals surface area contributed by atoms with Gasteiger partial charge in [0, 0.05) is 24.7 Å². The van der Waals surface area contributed by atoms with Crippen molar-refractivity contribution in [1.29, 1.82) is 0 Å². The van der Waals surface area contributed by atoms with Gasteiger partial charge in [0.15, 0.2) is 17.0 Å². The number of nitrogens with zero attached hydrogens (tertiary/aromatic N) is 5. The number of anilines is 2. The summed E-state index contributed by atoms with van der Waals surface area (Å²) in [5, 5.41) is 12.9. The van der Waals surface area contributed by atoms with E-state index in [4.69, 9.17) is 22.1 Å². The number of imidazole rings is 2. The number of aromatic nitrogens is 6. The van der Waals surface area contributed by atoms with Crippen molar-refractivity contribution in [3.8, 4) is 0 Å². The van der Waals surface area contributed by atoms with E-state index in [2.05, 4.69) is 35.1 Å². The molecule has 3 aromatic rings. The number of aromatic amines is 1. The normalized spacial score (nSPS) is 22.4. The maximum atomic E-state index is 12.7. The lowest BCUT2D eigenvalue weighted by atomic mass is 10.1. The molecule has 14 nitrogen and oxygen atoms in total. The molecule has 9 N–H and O–H groups in total. The zero-order valence-corrected chi connectivity index (χ0v) is 15.8. The van der Waals surface area contributed by atoms with Gasteiger partial charge in [0.05, 0.1) is 25.1 Å². The van der Waals surface area contributed by atoms with Crippen LogP contribution in [-0.2, 0) is 20.8 Å². The zero-order chi connectivity index (χ0) is 21.3. The van der Waals surface area contributed by atoms with E-state index >= 15 is 0 Å². The second-order valence-electron chi connectivity index (χ2n) is 6.88. The first kappa shape index (κ1) is 20.1. The molecular weight excluding hydrogens is 396 g/mol. The van der Waals surface area contributed by atoms with Gasteiger partial charge < -0.3 is 31.1 Å². The second-order valence-corrected chi connectivity index (χ2v) is 6.88. The van der Waals surface area contributed by atoms with Crippen LogP contribution >= 0.6 is 0 Å². The number of carbonyl (C=O) groups excluding carboxylic acids is 1. The highest BCUT2D eigenvalue weighted by Crippen LogP contribution is 2.34. The lowest BCUT2D eigenvalue weighted by Crippen LogP contribution is -2.38. The molecule has 0 saturated carbocycles. The number of amides is 1. The number of rotatable bonds is 7. The number of nitrogens with one attached hydrogen (secondary N) is 2. The Hall–Kier alpha value is -3.17. The van der Waals surface area contributed by atoms with E-state index in [0.717, 1.165) is 0 Å². The van der Waals surface area contributed by atoms with Gasteiger partial charge in [0.2, 0.25) is 11.9 Å². The van der Waals surface area contributed by atoms with Crippen molar-refractivity contribution in [2.75, 3.05) is 17.7 Å². The SMILES string of the molecule is NOCC1OC(n2c(NC(=O)C(N)Cc3cnc[nH]3)nc3c(N)ncnc32)CC1O. The van der Waals surface area contributed by atoms with Gasteiger partial charge in [-0.25, -0.2) is 25.8 Å². The number of nitrogens with two attached hydrogens (primary N) is 3. The predicted octanol–water partition coefficient (Wildman–Crippen LogP) is -1.82. The monoisotopic (exact) mass is 418 g/mol. The molecule has 4 rings (SSSR count). The number of ether oxygens (including phenoxy) is 1. The summed E-state index contributed by atoms with van der Waals surface area (Å²) in [5.74, 6) is 4.88. The molecule has 0 aliphatic carbocycles. The van der Waals surface area contributed by atoms with E-state index in [9.17, 15) is 9.90 Å². The maximum Gasteiger partial charge on any atom is 0.244 e. The average molecular weight is 418 g/mol. The Morgan fingerprint density at radius 3 is 3.07 bits per heavy atom. The third-order valence-corrected chi connectivity index (χ3v) is 4.82. The summed E-state index contributed by atoms with van der Waals surface area (Å²) in [7, 11) is 0. The molecule has 30 heavy (non-hydrogen) atoms. The van der Waals surface area contributed by atoms with Crippen molar-refractivity contribution in [1.82, 2.24) is 29.5 Å². The molecule has 4 unspecified atom stereocenters. The molecule has 4 atom stereocenters. The molecule has 1 fully saturated rings. The van der Waals surface area contributed by atoms with Crippen LogP contribution in [0.3, 0.4) is 0 Å². The van der Waals surface area contributed by atoms with Crippen molar-refractivity contribution in [2.24, 2.45) is 11.6 Å². The molecule has 4 heterocycles. The van der Waals surface area contributed by atoms with Gasteiger partial charge in [-0.05, 0) is 0 Å². The highest BCUT2D eigenvalue weighted by atomic mass is 16.6. The van der Waals surface area contributed by atoms with Crippen LogP contribution in [0.2, 0.25) is 0 Å². The topological polar surface area (TPSA) is 218 Å². The third-order valence-electron chi connectivity index (χ3n) is 4.82. The first-order valence-corrected chi connectivity index (χ1v) is 9.15. The van der Waals surface area contributed by atoms with Crippen molar-refractivity contribution in [3.63, 3.8) is 0 Å². The van der Waals surface area contributed by atoms with Crippen LogP contribution in [-0.4, -0.2) is 65.4 Å². The van der Waals surface area contributed by atoms with Crippen LogP contribution in [0.1, 0.15) is 18.3 Å². The van der Waals surface area contributed by atoms with Crippen molar-refractivity contribution >= 4 is 28.8 Å². The quantitative estimate of drug-likeness (QED) is 0.234. The molecule has 0 aromatic carbocycles. The Balaban J connectivity index is 1.63. The molecule has 0 spiro atoms. The molecule has 160 valence electrons. The molecule has 1 aliphatic rings. The summed E-state index contributed by atoms with van der Waals surface area (Å²) < 4.78 is 7.38. The summed E-state index contributed by atoms with van der Waals surface area (Å²) in [6.07, 6.45) is 2.64. The first-order chi connectivity index (χ1) is 14.5. The number of nitrogen functional groups attached to an aromatic ring is 1. The van der Waals surface area contributed by atoms with Gasteiger partial charge in [0.1, 0.15) is 18.7 Å². The highest BCUT2D eigenvalue weighted by molar-refractivity contribution is 5.95. The van der Waals surface area contributed by atoms with Gasteiger partial charge in [-0.2, -0.15) is 0 Å². The fraction of sp³-hybridized carbons (Fsp3) is 0.438. The van der Waals surface area contributed by atoms with Crippen LogP contribution < -0.4 is 22.7 Å². The summed E-state index contributed by atoms with van der Waals surface area (Å²) in [5.41, 5.74) is 13.3. The van der Waals surface area contributed by atoms with Crippen LogP contribution in [0.4, 0.5) is 11.8 Å². The fourth-order valence-electron chi connectivity index (χ4n) is 3.33. The van der Waals surface area contributed by atoms with Gasteiger partial charge in [-0.1, -0.05) is 0 Å². The minimum Gasteiger partial charge on any atom is -0.390 e. The van der Waals surface area contributed by atoms with E-state index < -0.39 is 30.4 Å². The smallest absolute Gasteiger partial charge is 0.244 e. The molecule has 14 heteroatoms. The lowest BCUT2D eigenvalue weighted by molar-refractivity contribution is -0.117. The van der Waals surface area contributed by atoms with Crippen LogP contribution in [0.15, 0.2) is 18.9 Å². The Labute approximate surface area is 169 Å². The van der Waals surface area contributed by atoms with E-state index in [0.29, 0.717) is 11.3 Å². The number of H-pyrrole nitrogens is 1. The van der Waals surface area contributed by atoms with Gasteiger partial charge in [0.25, 0.3) is 0 Å². The molecule has 1 aliphatic heterocycles. The van der Waals surface area contributed by atoms with E-state index in [1.165, 1.54) is 17.2 Å². The number of fused-ring (bicyclic) bond motifs is 1. The Bertz CT molecular complexity index is 1020. The molecular formula is C16H22N10O4. The Morgan fingerprint density at radius 2 is 2.33 bits per heavy atom. The number of carbonyl (C=O) groups is 1. The first-order valence-electron chi connectivity index (χ1n) is 9.15. The largest absolute Gasteiger partial charge is 0.390 e. The number of hydrogen-bond acceptors (Lipinski definition) is 11. The van der Waals surface area contributed by atoms with Gasteiger partial charge in [-0.15, -0.1) is 0 Å². The average Bonchev–Trinajstić information content (AvgIpc) is 3.42. The zero-order valence-electron chi connectivity index (χ0n) is 15.8. The van der Waals surface area contributed by atoms with Crippen LogP contribution in [0.25, 0.3) is 11.2 Å². The van der Waals surface area contributed by atoms with Crippen molar-refractivity contribution < 1.29 is 19.5 Å². The maximum absolute atomic E-state index is 12.7. The van der Waals surface area contributed by atoms with Gasteiger partial charge in [-0.3, -0.25) is 14.7 Å². The minimum atomic E-state index is -0.865. The highest BCUT2D eigenvalue weighted by Gasteiger charge is 2.37. The molecule has 3 aromatic heterocycles. The lowest BCUT2D eigenvalue weighted by Gasteiger charge is -2.18. The van der Waals surface area contributed by atoms with Gasteiger partial charge >= 0.3 is 0 Å². The second kappa shape index (κ2) is 8.29. The molecule has 0 bridgehead atoms. The van der Waals surface area contributed by atoms with E-state index in [-0.39, 0.29) is 36.7 Å². The Morgan fingerprint density at radius 1 is 1.50 bits per heavy atom. The predicted molar refractivity (Wildman–Crippen MR) is 103 cm³/mol. The van der Waals surface area contributed by atoms with Crippen LogP contribution in [0.5, 0.6) is 0 Å². The number of hydrogen-bond donors (Lipinski definition) is 6. The minimum absolute atomic E-state index is 0.00182. The fourth-order valence-corrected chi connectivity index (χ4v) is 3.33. The number of aliphatic hydroxyl groups excluding tert-OH is 1. The van der Waals surface area contributed by atoms with E-state index in [1.54, 1.807) is 6.20 Å². The molecule has 1 saturated heterocycles. The standard InChI is InChI=1S/C16H22N10O4/c17-8(1-7-3-20-5-21-7)15(28)25-16-24-12-13(18)22-6-23-14(12)26(16)11-2-9(27)10(30-11)4-29-19/h3,5-6,8-11,27H,1-2,4,17,19H2,(H,20,21)(H2,18,22,23)(H,24,25,28). The van der Waals surface area contributed by atoms with Crippen molar-refractivity contribution in [3.05, 3.63) is 24.5 Å².